The van der Waals surface area contributed by atoms with E-state index in [1.807, 2.05) is 30.3 Å². The number of hydrogen-bond donors (Lipinski definition) is 1. The smallest absolute Gasteiger partial charge is 0.336 e. The second kappa shape index (κ2) is 11.5. The summed E-state index contributed by atoms with van der Waals surface area (Å²) in [7, 11) is 3.08. The van der Waals surface area contributed by atoms with Gasteiger partial charge in [-0.15, -0.1) is 0 Å². The van der Waals surface area contributed by atoms with Gasteiger partial charge in [0.05, 0.1) is 29.2 Å². The van der Waals surface area contributed by atoms with E-state index >= 15 is 0 Å². The van der Waals surface area contributed by atoms with Gasteiger partial charge in [-0.25, -0.2) is 9.48 Å². The molecule has 1 atom stereocenters. The predicted molar refractivity (Wildman–Crippen MR) is 149 cm³/mol. The summed E-state index contributed by atoms with van der Waals surface area (Å²) in [6.45, 7) is 0. The number of ether oxygens (including phenoxy) is 1. The van der Waals surface area contributed by atoms with Crippen molar-refractivity contribution in [2.75, 3.05) is 14.2 Å². The van der Waals surface area contributed by atoms with Crippen molar-refractivity contribution in [2.24, 2.45) is 0 Å². The molecule has 39 heavy (non-hydrogen) atoms. The third-order valence-electron chi connectivity index (χ3n) is 6.57. The van der Waals surface area contributed by atoms with Crippen molar-refractivity contribution in [3.8, 4) is 22.7 Å². The summed E-state index contributed by atoms with van der Waals surface area (Å²) < 4.78 is 7.10. The molecule has 1 amide bonds. The minimum Gasteiger partial charge on any atom is -0.497 e. The van der Waals surface area contributed by atoms with E-state index in [9.17, 15) is 9.59 Å². The van der Waals surface area contributed by atoms with Crippen molar-refractivity contribution >= 4 is 35.1 Å². The second-order valence-electron chi connectivity index (χ2n) is 9.11. The average Bonchev–Trinajstić information content (AvgIpc) is 3.32. The molecule has 1 N–H and O–H groups in total. The number of benzene rings is 3. The fourth-order valence-corrected chi connectivity index (χ4v) is 5.22. The van der Waals surface area contributed by atoms with E-state index in [-0.39, 0.29) is 0 Å². The highest BCUT2D eigenvalue weighted by molar-refractivity contribution is 6.35. The summed E-state index contributed by atoms with van der Waals surface area (Å²) in [5.41, 5.74) is 6.94. The zero-order chi connectivity index (χ0) is 27.5. The van der Waals surface area contributed by atoms with Gasteiger partial charge in [-0.1, -0.05) is 46.6 Å². The summed E-state index contributed by atoms with van der Waals surface area (Å²) in [4.78, 5) is 31.4. The van der Waals surface area contributed by atoms with Gasteiger partial charge in [0.1, 0.15) is 11.7 Å². The molecule has 1 aromatic heterocycles. The zero-order valence-electron chi connectivity index (χ0n) is 21.4. The first-order valence-corrected chi connectivity index (χ1v) is 13.1. The molecule has 1 heterocycles. The van der Waals surface area contributed by atoms with Gasteiger partial charge in [0.25, 0.3) is 5.91 Å². The van der Waals surface area contributed by atoms with Crippen LogP contribution in [-0.2, 0) is 16.1 Å². The first-order valence-electron chi connectivity index (χ1n) is 12.4. The Morgan fingerprint density at radius 3 is 2.49 bits per heavy atom. The lowest BCUT2D eigenvalue weighted by molar-refractivity contribution is -0.196. The first kappa shape index (κ1) is 26.7. The number of hydroxylamine groups is 1. The maximum absolute atomic E-state index is 13.4. The lowest BCUT2D eigenvalue weighted by atomic mass is 9.85. The Labute approximate surface area is 236 Å². The topological polar surface area (TPSA) is 85.7 Å². The standard InChI is InChI=1S/C29H26Cl2N4O4/c1-34(33-28(36)19-7-4-3-5-8-19)39-29(37)23-10-6-9-22-26(23)32-35(25-16-13-20(30)17-24(25)31)27(22)18-11-14-21(38-2)15-12-18/h3-5,7-8,11-17,23H,6,9-10H2,1-2H3,(H,33,36). The van der Waals surface area contributed by atoms with Crippen LogP contribution in [0.5, 0.6) is 5.75 Å². The molecule has 0 radical (unpaired) electrons. The van der Waals surface area contributed by atoms with Gasteiger partial charge in [0.2, 0.25) is 0 Å². The Morgan fingerprint density at radius 1 is 1.05 bits per heavy atom. The van der Waals surface area contributed by atoms with Crippen molar-refractivity contribution in [3.05, 3.63) is 99.7 Å². The molecule has 0 spiro atoms. The number of amides is 1. The van der Waals surface area contributed by atoms with Crippen molar-refractivity contribution < 1.29 is 19.2 Å². The molecule has 0 fully saturated rings. The van der Waals surface area contributed by atoms with Crippen LogP contribution >= 0.6 is 23.2 Å². The fraction of sp³-hybridized carbons (Fsp3) is 0.207. The summed E-state index contributed by atoms with van der Waals surface area (Å²) in [6.07, 6.45) is 2.04. The lowest BCUT2D eigenvalue weighted by Crippen LogP contribution is -2.41. The number of carbonyl (C=O) groups is 2. The molecule has 0 bridgehead atoms. The van der Waals surface area contributed by atoms with E-state index in [1.165, 1.54) is 7.05 Å². The molecule has 0 saturated heterocycles. The van der Waals surface area contributed by atoms with Crippen LogP contribution in [0.15, 0.2) is 72.8 Å². The number of hydrogen-bond acceptors (Lipinski definition) is 6. The highest BCUT2D eigenvalue weighted by Crippen LogP contribution is 2.40. The van der Waals surface area contributed by atoms with Crippen LogP contribution in [0.4, 0.5) is 0 Å². The van der Waals surface area contributed by atoms with Crippen molar-refractivity contribution in [1.82, 2.24) is 20.4 Å². The van der Waals surface area contributed by atoms with Crippen LogP contribution in [0.25, 0.3) is 16.9 Å². The quantitative estimate of drug-likeness (QED) is 0.277. The van der Waals surface area contributed by atoms with E-state index in [0.29, 0.717) is 33.4 Å². The fourth-order valence-electron chi connectivity index (χ4n) is 4.73. The van der Waals surface area contributed by atoms with Gasteiger partial charge >= 0.3 is 5.97 Å². The SMILES string of the molecule is COc1ccc(-c2c3c(nn2-c2ccc(Cl)cc2Cl)C(C(=O)ON(C)NC(=O)c2ccccc2)CCC3)cc1. The molecule has 1 unspecified atom stereocenters. The van der Waals surface area contributed by atoms with Crippen LogP contribution in [0, 0.1) is 0 Å². The summed E-state index contributed by atoms with van der Waals surface area (Å²) in [6, 6.07) is 21.5. The number of nitrogens with zero attached hydrogens (tertiary/aromatic N) is 3. The van der Waals surface area contributed by atoms with E-state index in [2.05, 4.69) is 5.43 Å². The van der Waals surface area contributed by atoms with Crippen LogP contribution in [0.1, 0.15) is 40.4 Å². The molecule has 8 nitrogen and oxygen atoms in total. The Bertz CT molecular complexity index is 1510. The maximum Gasteiger partial charge on any atom is 0.336 e. The minimum absolute atomic E-state index is 0.390. The lowest BCUT2D eigenvalue weighted by Gasteiger charge is -2.23. The molecule has 1 aliphatic rings. The third kappa shape index (κ3) is 5.63. The Hall–Kier alpha value is -3.85. The molecule has 4 aromatic rings. The Morgan fingerprint density at radius 2 is 1.79 bits per heavy atom. The zero-order valence-corrected chi connectivity index (χ0v) is 22.9. The van der Waals surface area contributed by atoms with Gasteiger partial charge < -0.3 is 9.57 Å². The first-order chi connectivity index (χ1) is 18.9. The van der Waals surface area contributed by atoms with Gasteiger partial charge in [0, 0.05) is 28.8 Å². The average molecular weight is 565 g/mol. The third-order valence-corrected chi connectivity index (χ3v) is 7.11. The maximum atomic E-state index is 13.4. The van der Waals surface area contributed by atoms with Crippen molar-refractivity contribution in [1.29, 1.82) is 0 Å². The molecule has 3 aromatic carbocycles. The van der Waals surface area contributed by atoms with Gasteiger partial charge in [0.15, 0.2) is 0 Å². The van der Waals surface area contributed by atoms with E-state index in [0.717, 1.165) is 40.6 Å². The van der Waals surface area contributed by atoms with Crippen molar-refractivity contribution in [3.63, 3.8) is 0 Å². The molecular weight excluding hydrogens is 539 g/mol. The van der Waals surface area contributed by atoms with Gasteiger partial charge in [-0.05, 0) is 73.9 Å². The van der Waals surface area contributed by atoms with Gasteiger partial charge in [-0.3, -0.25) is 10.2 Å². The number of aromatic nitrogens is 2. The monoisotopic (exact) mass is 564 g/mol. The predicted octanol–water partition coefficient (Wildman–Crippen LogP) is 6.01. The molecular formula is C29H26Cl2N4O4. The summed E-state index contributed by atoms with van der Waals surface area (Å²) >= 11 is 12.8. The second-order valence-corrected chi connectivity index (χ2v) is 9.95. The molecule has 10 heteroatoms. The Kier molecular flexibility index (Phi) is 7.88. The van der Waals surface area contributed by atoms with Crippen LogP contribution in [-0.4, -0.2) is 41.0 Å². The van der Waals surface area contributed by atoms with Crippen LogP contribution < -0.4 is 10.2 Å². The van der Waals surface area contributed by atoms with Crippen LogP contribution in [0.3, 0.4) is 0 Å². The van der Waals surface area contributed by atoms with Gasteiger partial charge in [-0.2, -0.15) is 5.10 Å². The summed E-state index contributed by atoms with van der Waals surface area (Å²) in [5.74, 6) is -0.807. The normalized spacial score (nSPS) is 14.5. The number of rotatable bonds is 7. The number of halogens is 2. The molecule has 0 aliphatic heterocycles. The number of nitrogens with one attached hydrogen (secondary N) is 1. The summed E-state index contributed by atoms with van der Waals surface area (Å²) in [5, 5.41) is 6.87. The largest absolute Gasteiger partial charge is 0.497 e. The molecule has 0 saturated carbocycles. The number of fused-ring (bicyclic) bond motifs is 1. The molecule has 200 valence electrons. The van der Waals surface area contributed by atoms with Crippen LogP contribution in [0.2, 0.25) is 10.0 Å². The molecule has 1 aliphatic carbocycles. The molecule has 5 rings (SSSR count). The highest BCUT2D eigenvalue weighted by atomic mass is 35.5. The number of hydrazine groups is 1. The number of methoxy groups -OCH3 is 1. The highest BCUT2D eigenvalue weighted by Gasteiger charge is 2.35. The minimum atomic E-state index is -0.630. The van der Waals surface area contributed by atoms with E-state index in [1.54, 1.807) is 54.3 Å². The van der Waals surface area contributed by atoms with E-state index in [4.69, 9.17) is 37.9 Å². The number of carbonyl (C=O) groups excluding carboxylic acids is 2. The van der Waals surface area contributed by atoms with E-state index < -0.39 is 17.8 Å². The van der Waals surface area contributed by atoms with Crippen molar-refractivity contribution in [2.45, 2.75) is 25.2 Å². The Balaban J connectivity index is 1.48.